The maximum atomic E-state index is 12.5. The average molecular weight is 368 g/mol. The summed E-state index contributed by atoms with van der Waals surface area (Å²) in [4.78, 5) is 42.6. The Balaban J connectivity index is 1.69. The Kier molecular flexibility index (Phi) is 5.00. The van der Waals surface area contributed by atoms with Crippen molar-refractivity contribution < 1.29 is 19.5 Å². The van der Waals surface area contributed by atoms with Crippen LogP contribution in [0.4, 0.5) is 0 Å². The molecule has 0 unspecified atom stereocenters. The Bertz CT molecular complexity index is 845. The van der Waals surface area contributed by atoms with Crippen molar-refractivity contribution in [3.63, 3.8) is 0 Å². The van der Waals surface area contributed by atoms with E-state index in [1.165, 1.54) is 4.90 Å². The Morgan fingerprint density at radius 3 is 2.26 bits per heavy atom. The minimum atomic E-state index is -0.311. The van der Waals surface area contributed by atoms with E-state index in [9.17, 15) is 19.5 Å². The van der Waals surface area contributed by atoms with Crippen LogP contribution in [0, 0.1) is 5.41 Å². The van der Waals surface area contributed by atoms with Crippen molar-refractivity contribution in [1.82, 2.24) is 4.90 Å². The highest BCUT2D eigenvalue weighted by atomic mass is 16.3. The molecule has 1 N–H and O–H groups in total. The van der Waals surface area contributed by atoms with Gasteiger partial charge in [-0.05, 0) is 30.4 Å². The fourth-order valence-electron chi connectivity index (χ4n) is 3.78. The summed E-state index contributed by atoms with van der Waals surface area (Å²) in [6.07, 6.45) is 1.60. The highest BCUT2D eigenvalue weighted by Gasteiger charge is 2.37. The molecule has 1 aromatic carbocycles. The molecule has 1 aromatic rings. The van der Waals surface area contributed by atoms with Crippen LogP contribution in [-0.2, 0) is 4.79 Å². The third kappa shape index (κ3) is 3.56. The lowest BCUT2D eigenvalue weighted by atomic mass is 9.73. The third-order valence-electron chi connectivity index (χ3n) is 5.08. The predicted molar refractivity (Wildman–Crippen MR) is 102 cm³/mol. The molecule has 0 aromatic heterocycles. The van der Waals surface area contributed by atoms with E-state index in [1.54, 1.807) is 31.3 Å². The van der Waals surface area contributed by atoms with Crippen molar-refractivity contribution in [3.8, 4) is 0 Å². The number of ketones is 1. The van der Waals surface area contributed by atoms with Crippen LogP contribution in [0.25, 0.3) is 0 Å². The first-order valence-electron chi connectivity index (χ1n) is 9.12. The molecule has 1 saturated carbocycles. The fourth-order valence-corrected chi connectivity index (χ4v) is 3.78. The summed E-state index contributed by atoms with van der Waals surface area (Å²) in [6, 6.07) is 6.74. The fraction of sp³-hybridized carbons (Fsp3) is 0.429. The highest BCUT2D eigenvalue weighted by Crippen LogP contribution is 2.35. The van der Waals surface area contributed by atoms with Gasteiger partial charge in [0.25, 0.3) is 11.8 Å². The molecule has 142 valence electrons. The predicted octanol–water partition coefficient (Wildman–Crippen LogP) is 3.33. The van der Waals surface area contributed by atoms with E-state index in [-0.39, 0.29) is 41.7 Å². The van der Waals surface area contributed by atoms with Crippen LogP contribution in [0.3, 0.4) is 0 Å². The maximum absolute atomic E-state index is 12.5. The number of benzene rings is 1. The van der Waals surface area contributed by atoms with Crippen LogP contribution < -0.4 is 0 Å². The first-order chi connectivity index (χ1) is 12.7. The van der Waals surface area contributed by atoms with Crippen LogP contribution in [0.1, 0.15) is 60.2 Å². The summed E-state index contributed by atoms with van der Waals surface area (Å²) < 4.78 is 0. The minimum Gasteiger partial charge on any atom is -0.511 e. The van der Waals surface area contributed by atoms with E-state index in [0.717, 1.165) is 0 Å². The van der Waals surface area contributed by atoms with Gasteiger partial charge in [0.1, 0.15) is 5.76 Å². The number of carbonyl (C=O) groups is 3. The average Bonchev–Trinajstić information content (AvgIpc) is 2.85. The number of nitrogens with zero attached hydrogens (tertiary/aromatic N) is 2. The van der Waals surface area contributed by atoms with Gasteiger partial charge >= 0.3 is 0 Å². The molecule has 3 rings (SSSR count). The highest BCUT2D eigenvalue weighted by molar-refractivity contribution is 6.24. The molecule has 1 fully saturated rings. The number of aliphatic imine (C=N–C) groups is 1. The molecule has 0 radical (unpaired) electrons. The maximum Gasteiger partial charge on any atom is 0.261 e. The number of allylic oxidation sites excluding steroid dienone is 2. The van der Waals surface area contributed by atoms with Gasteiger partial charge in [0.05, 0.1) is 16.7 Å². The molecular formula is C21H24N2O4. The van der Waals surface area contributed by atoms with Gasteiger partial charge in [0.2, 0.25) is 0 Å². The second kappa shape index (κ2) is 7.10. The standard InChI is InChI=1S/C21H24N2O4/c1-21(2)11-15(22-3)18(17(25)12-21)16(24)9-6-10-23-19(26)13-7-4-5-8-14(13)20(23)27/h4-5,7-8,24H,6,9-12H2,1-3H3/b18-16-,22-15?. The van der Waals surface area contributed by atoms with Gasteiger partial charge in [0.15, 0.2) is 5.78 Å². The number of rotatable bonds is 4. The monoisotopic (exact) mass is 368 g/mol. The largest absolute Gasteiger partial charge is 0.511 e. The summed E-state index contributed by atoms with van der Waals surface area (Å²) in [5.74, 6) is -0.735. The van der Waals surface area contributed by atoms with Gasteiger partial charge in [-0.15, -0.1) is 0 Å². The molecule has 2 aliphatic rings. The third-order valence-corrected chi connectivity index (χ3v) is 5.08. The second-order valence-corrected chi connectivity index (χ2v) is 7.84. The number of hydrogen-bond donors (Lipinski definition) is 1. The number of aliphatic hydroxyl groups is 1. The Morgan fingerprint density at radius 2 is 1.70 bits per heavy atom. The van der Waals surface area contributed by atoms with Crippen LogP contribution in [0.5, 0.6) is 0 Å². The summed E-state index contributed by atoms with van der Waals surface area (Å²) in [5, 5.41) is 10.5. The van der Waals surface area contributed by atoms with Crippen molar-refractivity contribution >= 4 is 23.3 Å². The summed E-state index contributed by atoms with van der Waals surface area (Å²) in [7, 11) is 1.62. The van der Waals surface area contributed by atoms with Crippen molar-refractivity contribution in [2.24, 2.45) is 10.4 Å². The summed E-state index contributed by atoms with van der Waals surface area (Å²) >= 11 is 0. The number of fused-ring (bicyclic) bond motifs is 1. The number of hydrogen-bond acceptors (Lipinski definition) is 5. The molecule has 0 saturated heterocycles. The number of amides is 2. The van der Waals surface area contributed by atoms with Crippen LogP contribution in [0.2, 0.25) is 0 Å². The second-order valence-electron chi connectivity index (χ2n) is 7.84. The number of aliphatic hydroxyl groups excluding tert-OH is 1. The zero-order valence-electron chi connectivity index (χ0n) is 15.9. The molecule has 0 spiro atoms. The van der Waals surface area contributed by atoms with E-state index < -0.39 is 0 Å². The Hall–Kier alpha value is -2.76. The van der Waals surface area contributed by atoms with E-state index in [0.29, 0.717) is 41.7 Å². The van der Waals surface area contributed by atoms with Gasteiger partial charge in [-0.1, -0.05) is 26.0 Å². The van der Waals surface area contributed by atoms with Crippen molar-refractivity contribution in [2.75, 3.05) is 13.6 Å². The van der Waals surface area contributed by atoms with Crippen LogP contribution in [0.15, 0.2) is 40.6 Å². The number of Topliss-reactive ketones (excluding diaryl/α,β-unsaturated/α-hetero) is 1. The molecule has 1 aliphatic carbocycles. The van der Waals surface area contributed by atoms with E-state index >= 15 is 0 Å². The van der Waals surface area contributed by atoms with Crippen molar-refractivity contribution in [1.29, 1.82) is 0 Å². The van der Waals surface area contributed by atoms with Crippen LogP contribution >= 0.6 is 0 Å². The van der Waals surface area contributed by atoms with E-state index in [4.69, 9.17) is 0 Å². The zero-order valence-corrected chi connectivity index (χ0v) is 15.9. The lowest BCUT2D eigenvalue weighted by Crippen LogP contribution is -2.33. The van der Waals surface area contributed by atoms with Gasteiger partial charge in [-0.3, -0.25) is 24.3 Å². The zero-order chi connectivity index (χ0) is 19.8. The van der Waals surface area contributed by atoms with Crippen molar-refractivity contribution in [2.45, 2.75) is 39.5 Å². The molecule has 6 nitrogen and oxygen atoms in total. The molecule has 6 heteroatoms. The number of imide groups is 1. The van der Waals surface area contributed by atoms with Gasteiger partial charge in [0, 0.05) is 32.1 Å². The first-order valence-corrected chi connectivity index (χ1v) is 9.12. The molecule has 2 amide bonds. The lowest BCUT2D eigenvalue weighted by molar-refractivity contribution is -0.117. The van der Waals surface area contributed by atoms with E-state index in [2.05, 4.69) is 4.99 Å². The molecule has 0 atom stereocenters. The van der Waals surface area contributed by atoms with Gasteiger partial charge < -0.3 is 5.11 Å². The topological polar surface area (TPSA) is 87.0 Å². The molecule has 1 heterocycles. The number of carbonyl (C=O) groups excluding carboxylic acids is 3. The molecular weight excluding hydrogens is 344 g/mol. The van der Waals surface area contributed by atoms with E-state index in [1.807, 2.05) is 13.8 Å². The Morgan fingerprint density at radius 1 is 1.11 bits per heavy atom. The minimum absolute atomic E-state index is 0.00675. The van der Waals surface area contributed by atoms with Crippen LogP contribution in [-0.4, -0.2) is 46.9 Å². The molecule has 0 bridgehead atoms. The first kappa shape index (κ1) is 19.0. The molecule has 27 heavy (non-hydrogen) atoms. The molecule has 1 aliphatic heterocycles. The van der Waals surface area contributed by atoms with Gasteiger partial charge in [-0.2, -0.15) is 0 Å². The normalized spacial score (nSPS) is 22.4. The SMILES string of the molecule is CN=C1CC(C)(C)CC(=O)/C1=C(\O)CCCN1C(=O)c2ccccc2C1=O. The summed E-state index contributed by atoms with van der Waals surface area (Å²) in [6.45, 7) is 4.21. The Labute approximate surface area is 158 Å². The summed E-state index contributed by atoms with van der Waals surface area (Å²) in [5.41, 5.74) is 1.58. The smallest absolute Gasteiger partial charge is 0.261 e. The lowest BCUT2D eigenvalue weighted by Gasteiger charge is -2.31. The quantitative estimate of drug-likeness (QED) is 0.502. The van der Waals surface area contributed by atoms with Gasteiger partial charge in [-0.25, -0.2) is 0 Å². The van der Waals surface area contributed by atoms with Crippen molar-refractivity contribution in [3.05, 3.63) is 46.7 Å².